The topological polar surface area (TPSA) is 53.6 Å². The van der Waals surface area contributed by atoms with Gasteiger partial charge in [0.2, 0.25) is 0 Å². The van der Waals surface area contributed by atoms with Gasteiger partial charge in [0.05, 0.1) is 16.9 Å². The van der Waals surface area contributed by atoms with E-state index >= 15 is 0 Å². The van der Waals surface area contributed by atoms with Crippen LogP contribution in [0.25, 0.3) is 0 Å². The molecule has 0 aliphatic heterocycles. The standard InChI is InChI=1S/C15H18N4/c1-4-14-13(10-19(3)18-14)9-17-15-6-5-11(2)7-12(15)8-16/h5-7,10,17H,4,9H2,1-3H3. The van der Waals surface area contributed by atoms with Gasteiger partial charge in [0.25, 0.3) is 0 Å². The molecule has 0 spiro atoms. The number of benzene rings is 1. The van der Waals surface area contributed by atoms with Crippen molar-refractivity contribution in [2.24, 2.45) is 7.05 Å². The summed E-state index contributed by atoms with van der Waals surface area (Å²) in [7, 11) is 1.93. The first-order valence-electron chi connectivity index (χ1n) is 6.40. The molecule has 0 aliphatic carbocycles. The molecule has 0 bridgehead atoms. The first-order chi connectivity index (χ1) is 9.13. The summed E-state index contributed by atoms with van der Waals surface area (Å²) >= 11 is 0. The molecule has 0 saturated carbocycles. The fourth-order valence-corrected chi connectivity index (χ4v) is 2.12. The Balaban J connectivity index is 2.17. The normalized spacial score (nSPS) is 10.2. The van der Waals surface area contributed by atoms with Gasteiger partial charge in [-0.1, -0.05) is 13.0 Å². The molecule has 0 fully saturated rings. The monoisotopic (exact) mass is 254 g/mol. The summed E-state index contributed by atoms with van der Waals surface area (Å²) in [6, 6.07) is 8.08. The third-order valence-electron chi connectivity index (χ3n) is 3.09. The molecule has 4 nitrogen and oxygen atoms in total. The summed E-state index contributed by atoms with van der Waals surface area (Å²) in [5.41, 5.74) is 4.92. The predicted octanol–water partition coefficient (Wildman–Crippen LogP) is 2.77. The lowest BCUT2D eigenvalue weighted by Gasteiger charge is -2.08. The van der Waals surface area contributed by atoms with Crippen LogP contribution in [0, 0.1) is 18.3 Å². The second-order valence-electron chi connectivity index (χ2n) is 4.64. The molecule has 0 atom stereocenters. The molecule has 19 heavy (non-hydrogen) atoms. The van der Waals surface area contributed by atoms with Gasteiger partial charge < -0.3 is 5.32 Å². The summed E-state index contributed by atoms with van der Waals surface area (Å²) in [4.78, 5) is 0. The largest absolute Gasteiger partial charge is 0.380 e. The first-order valence-corrected chi connectivity index (χ1v) is 6.40. The number of aromatic nitrogens is 2. The van der Waals surface area contributed by atoms with E-state index in [-0.39, 0.29) is 0 Å². The van der Waals surface area contributed by atoms with Gasteiger partial charge in [0.1, 0.15) is 6.07 Å². The van der Waals surface area contributed by atoms with Gasteiger partial charge in [-0.3, -0.25) is 4.68 Å². The van der Waals surface area contributed by atoms with Crippen LogP contribution in [0.4, 0.5) is 5.69 Å². The second-order valence-corrected chi connectivity index (χ2v) is 4.64. The number of aryl methyl sites for hydroxylation is 3. The molecule has 1 aromatic heterocycles. The molecule has 0 saturated heterocycles. The number of rotatable bonds is 4. The van der Waals surface area contributed by atoms with Gasteiger partial charge in [-0.05, 0) is 31.0 Å². The quantitative estimate of drug-likeness (QED) is 0.912. The van der Waals surface area contributed by atoms with Crippen molar-refractivity contribution in [3.63, 3.8) is 0 Å². The summed E-state index contributed by atoms with van der Waals surface area (Å²) < 4.78 is 1.83. The summed E-state index contributed by atoms with van der Waals surface area (Å²) in [6.45, 7) is 4.77. The van der Waals surface area contributed by atoms with Gasteiger partial charge in [-0.2, -0.15) is 10.4 Å². The summed E-state index contributed by atoms with van der Waals surface area (Å²) in [5.74, 6) is 0. The highest BCUT2D eigenvalue weighted by atomic mass is 15.3. The van der Waals surface area contributed by atoms with Crippen LogP contribution in [0.1, 0.15) is 29.3 Å². The van der Waals surface area contributed by atoms with E-state index in [0.29, 0.717) is 12.1 Å². The van der Waals surface area contributed by atoms with Crippen LogP contribution < -0.4 is 5.32 Å². The molecule has 2 rings (SSSR count). The van der Waals surface area contributed by atoms with Crippen molar-refractivity contribution in [2.75, 3.05) is 5.32 Å². The van der Waals surface area contributed by atoms with E-state index in [1.807, 2.05) is 43.0 Å². The Morgan fingerprint density at radius 1 is 1.42 bits per heavy atom. The van der Waals surface area contributed by atoms with Crippen molar-refractivity contribution >= 4 is 5.69 Å². The van der Waals surface area contributed by atoms with Gasteiger partial charge >= 0.3 is 0 Å². The van der Waals surface area contributed by atoms with Crippen LogP contribution in [0.3, 0.4) is 0 Å². The van der Waals surface area contributed by atoms with Crippen LogP contribution in [0.5, 0.6) is 0 Å². The maximum atomic E-state index is 9.14. The second kappa shape index (κ2) is 5.57. The van der Waals surface area contributed by atoms with Gasteiger partial charge in [-0.25, -0.2) is 0 Å². The molecular formula is C15H18N4. The molecule has 0 radical (unpaired) electrons. The molecule has 2 aromatic rings. The van der Waals surface area contributed by atoms with E-state index in [4.69, 9.17) is 5.26 Å². The van der Waals surface area contributed by atoms with Gasteiger partial charge in [-0.15, -0.1) is 0 Å². The Kier molecular flexibility index (Phi) is 3.86. The molecule has 98 valence electrons. The number of anilines is 1. The molecule has 0 unspecified atom stereocenters. The lowest BCUT2D eigenvalue weighted by atomic mass is 10.1. The van der Waals surface area contributed by atoms with Crippen molar-refractivity contribution in [3.05, 3.63) is 46.8 Å². The predicted molar refractivity (Wildman–Crippen MR) is 75.8 cm³/mol. The number of nitrogens with zero attached hydrogens (tertiary/aromatic N) is 3. The third kappa shape index (κ3) is 2.94. The van der Waals surface area contributed by atoms with Gasteiger partial charge in [0, 0.05) is 25.4 Å². The zero-order chi connectivity index (χ0) is 13.8. The smallest absolute Gasteiger partial charge is 0.101 e. The zero-order valence-electron chi connectivity index (χ0n) is 11.6. The first kappa shape index (κ1) is 13.2. The van der Waals surface area contributed by atoms with E-state index in [2.05, 4.69) is 23.4 Å². The number of nitrogens with one attached hydrogen (secondary N) is 1. The lowest BCUT2D eigenvalue weighted by molar-refractivity contribution is 0.746. The SMILES string of the molecule is CCc1nn(C)cc1CNc1ccc(C)cc1C#N. The minimum atomic E-state index is 0.682. The number of hydrogen-bond acceptors (Lipinski definition) is 3. The summed E-state index contributed by atoms with van der Waals surface area (Å²) in [5, 5.41) is 16.9. The maximum absolute atomic E-state index is 9.14. The average molecular weight is 254 g/mol. The van der Waals surface area contributed by atoms with E-state index in [9.17, 15) is 0 Å². The van der Waals surface area contributed by atoms with E-state index in [1.165, 1.54) is 5.56 Å². The lowest BCUT2D eigenvalue weighted by Crippen LogP contribution is -2.02. The van der Waals surface area contributed by atoms with Crippen molar-refractivity contribution in [1.82, 2.24) is 9.78 Å². The Hall–Kier alpha value is -2.28. The van der Waals surface area contributed by atoms with Crippen molar-refractivity contribution in [1.29, 1.82) is 5.26 Å². The fraction of sp³-hybridized carbons (Fsp3) is 0.333. The Bertz CT molecular complexity index is 620. The third-order valence-corrected chi connectivity index (χ3v) is 3.09. The molecule has 0 amide bonds. The molecule has 1 heterocycles. The van der Waals surface area contributed by atoms with Crippen LogP contribution in [0.2, 0.25) is 0 Å². The minimum Gasteiger partial charge on any atom is -0.380 e. The highest BCUT2D eigenvalue weighted by Crippen LogP contribution is 2.18. The molecule has 1 N–H and O–H groups in total. The number of nitriles is 1. The van der Waals surface area contributed by atoms with Crippen molar-refractivity contribution < 1.29 is 0 Å². The van der Waals surface area contributed by atoms with Crippen LogP contribution in [0.15, 0.2) is 24.4 Å². The minimum absolute atomic E-state index is 0.682. The Labute approximate surface area is 113 Å². The highest BCUT2D eigenvalue weighted by molar-refractivity contribution is 5.58. The van der Waals surface area contributed by atoms with Crippen LogP contribution in [-0.4, -0.2) is 9.78 Å². The number of hydrogen-bond donors (Lipinski definition) is 1. The van der Waals surface area contributed by atoms with Crippen LogP contribution >= 0.6 is 0 Å². The molecular weight excluding hydrogens is 236 g/mol. The molecule has 1 aromatic carbocycles. The van der Waals surface area contributed by atoms with Crippen molar-refractivity contribution in [2.45, 2.75) is 26.8 Å². The average Bonchev–Trinajstić information content (AvgIpc) is 2.77. The summed E-state index contributed by atoms with van der Waals surface area (Å²) in [6.07, 6.45) is 2.93. The molecule has 4 heteroatoms. The van der Waals surface area contributed by atoms with E-state index in [0.717, 1.165) is 23.4 Å². The maximum Gasteiger partial charge on any atom is 0.101 e. The van der Waals surface area contributed by atoms with Crippen LogP contribution in [-0.2, 0) is 20.0 Å². The van der Waals surface area contributed by atoms with E-state index < -0.39 is 0 Å². The zero-order valence-corrected chi connectivity index (χ0v) is 11.6. The molecule has 0 aliphatic rings. The fourth-order valence-electron chi connectivity index (χ4n) is 2.12. The van der Waals surface area contributed by atoms with Crippen molar-refractivity contribution in [3.8, 4) is 6.07 Å². The Morgan fingerprint density at radius 2 is 2.21 bits per heavy atom. The van der Waals surface area contributed by atoms with E-state index in [1.54, 1.807) is 0 Å². The Morgan fingerprint density at radius 3 is 2.89 bits per heavy atom. The highest BCUT2D eigenvalue weighted by Gasteiger charge is 2.07. The van der Waals surface area contributed by atoms with Gasteiger partial charge in [0.15, 0.2) is 0 Å².